The first-order valence-corrected chi connectivity index (χ1v) is 12.1. The van der Waals surface area contributed by atoms with E-state index in [1.54, 1.807) is 6.07 Å². The molecule has 2 aromatic heterocycles. The van der Waals surface area contributed by atoms with Crippen LogP contribution in [0.5, 0.6) is 0 Å². The molecule has 0 fully saturated rings. The van der Waals surface area contributed by atoms with Crippen LogP contribution >= 0.6 is 22.9 Å². The van der Waals surface area contributed by atoms with Crippen LogP contribution < -0.4 is 10.5 Å². The molecule has 0 spiro atoms. The van der Waals surface area contributed by atoms with Crippen LogP contribution in [0.25, 0.3) is 11.5 Å². The first-order valence-electron chi connectivity index (χ1n) is 10.8. The van der Waals surface area contributed by atoms with Gasteiger partial charge in [-0.1, -0.05) is 55.8 Å². The number of thiazole rings is 1. The van der Waals surface area contributed by atoms with Crippen molar-refractivity contribution in [1.29, 1.82) is 0 Å². The van der Waals surface area contributed by atoms with Gasteiger partial charge >= 0.3 is 0 Å². The number of rotatable bonds is 7. The second kappa shape index (κ2) is 9.81. The molecule has 0 saturated heterocycles. The smallest absolute Gasteiger partial charge is 0.251 e. The minimum atomic E-state index is -0.521. The Hall–Kier alpha value is -3.09. The fourth-order valence-electron chi connectivity index (χ4n) is 3.56. The SMILES string of the molecule is CCC(C)c1ccc(Cn2c(-c3cc(C(N)=O)co3)csc2=Nc2cccc(Cl)c2C)cc1. The van der Waals surface area contributed by atoms with Gasteiger partial charge in [-0.15, -0.1) is 11.3 Å². The van der Waals surface area contributed by atoms with Crippen LogP contribution in [0, 0.1) is 6.92 Å². The number of aromatic nitrogens is 1. The zero-order chi connectivity index (χ0) is 23.5. The zero-order valence-electron chi connectivity index (χ0n) is 18.8. The number of furan rings is 1. The number of carbonyl (C=O) groups excluding carboxylic acids is 1. The monoisotopic (exact) mass is 479 g/mol. The molecule has 4 aromatic rings. The molecule has 0 aliphatic rings. The van der Waals surface area contributed by atoms with Crippen molar-refractivity contribution in [2.45, 2.75) is 39.7 Å². The Kier molecular flexibility index (Phi) is 6.86. The van der Waals surface area contributed by atoms with Crippen molar-refractivity contribution in [1.82, 2.24) is 4.57 Å². The van der Waals surface area contributed by atoms with E-state index in [9.17, 15) is 4.79 Å². The Balaban J connectivity index is 1.81. The van der Waals surface area contributed by atoms with Gasteiger partial charge in [0, 0.05) is 10.4 Å². The van der Waals surface area contributed by atoms with Crippen molar-refractivity contribution in [3.05, 3.63) is 92.3 Å². The maximum absolute atomic E-state index is 11.6. The fourth-order valence-corrected chi connectivity index (χ4v) is 4.63. The Labute approximate surface area is 202 Å². The van der Waals surface area contributed by atoms with Gasteiger partial charge in [-0.2, -0.15) is 0 Å². The Bertz CT molecular complexity index is 1350. The highest BCUT2D eigenvalue weighted by atomic mass is 35.5. The van der Waals surface area contributed by atoms with Crippen molar-refractivity contribution >= 4 is 34.5 Å². The van der Waals surface area contributed by atoms with Gasteiger partial charge in [-0.25, -0.2) is 4.99 Å². The van der Waals surface area contributed by atoms with Gasteiger partial charge in [0.05, 0.1) is 23.5 Å². The van der Waals surface area contributed by atoms with E-state index in [4.69, 9.17) is 26.7 Å². The first kappa shape index (κ1) is 23.1. The molecule has 33 heavy (non-hydrogen) atoms. The predicted molar refractivity (Wildman–Crippen MR) is 134 cm³/mol. The van der Waals surface area contributed by atoms with E-state index >= 15 is 0 Å². The maximum atomic E-state index is 11.6. The third-order valence-electron chi connectivity index (χ3n) is 5.89. The molecule has 2 heterocycles. The van der Waals surface area contributed by atoms with Gasteiger partial charge in [0.2, 0.25) is 0 Å². The minimum absolute atomic E-state index is 0.338. The first-order chi connectivity index (χ1) is 15.9. The number of halogens is 1. The number of nitrogens with zero attached hydrogens (tertiary/aromatic N) is 2. The van der Waals surface area contributed by atoms with E-state index in [-0.39, 0.29) is 0 Å². The lowest BCUT2D eigenvalue weighted by molar-refractivity contribution is 0.0999. The van der Waals surface area contributed by atoms with Crippen LogP contribution in [-0.4, -0.2) is 10.5 Å². The average Bonchev–Trinajstić information content (AvgIpc) is 3.44. The predicted octanol–water partition coefficient (Wildman–Crippen LogP) is 6.66. The molecule has 170 valence electrons. The maximum Gasteiger partial charge on any atom is 0.251 e. The average molecular weight is 480 g/mol. The molecule has 0 aliphatic heterocycles. The van der Waals surface area contributed by atoms with Crippen LogP contribution in [0.4, 0.5) is 5.69 Å². The molecule has 1 amide bonds. The van der Waals surface area contributed by atoms with Gasteiger partial charge in [-0.05, 0) is 54.2 Å². The van der Waals surface area contributed by atoms with Crippen molar-refractivity contribution in [2.75, 3.05) is 0 Å². The van der Waals surface area contributed by atoms with Crippen molar-refractivity contribution < 1.29 is 9.21 Å². The number of hydrogen-bond acceptors (Lipinski definition) is 4. The minimum Gasteiger partial charge on any atom is -0.462 e. The zero-order valence-corrected chi connectivity index (χ0v) is 20.4. The molecular weight excluding hydrogens is 454 g/mol. The van der Waals surface area contributed by atoms with Gasteiger partial charge in [0.1, 0.15) is 6.26 Å². The quantitative estimate of drug-likeness (QED) is 0.321. The third-order valence-corrected chi connectivity index (χ3v) is 7.16. The molecule has 0 aliphatic carbocycles. The van der Waals surface area contributed by atoms with Gasteiger partial charge < -0.3 is 14.7 Å². The van der Waals surface area contributed by atoms with E-state index in [2.05, 4.69) is 42.7 Å². The molecule has 1 unspecified atom stereocenters. The molecule has 2 aromatic carbocycles. The van der Waals surface area contributed by atoms with E-state index < -0.39 is 5.91 Å². The lowest BCUT2D eigenvalue weighted by Gasteiger charge is -2.12. The Morgan fingerprint density at radius 1 is 1.24 bits per heavy atom. The fraction of sp³-hybridized carbons (Fsp3) is 0.231. The number of amides is 1. The van der Waals surface area contributed by atoms with Crippen LogP contribution in [0.15, 0.2) is 69.6 Å². The molecule has 0 bridgehead atoms. The summed E-state index contributed by atoms with van der Waals surface area (Å²) in [5, 5.41) is 2.66. The summed E-state index contributed by atoms with van der Waals surface area (Å²) in [6, 6.07) is 16.1. The molecule has 4 rings (SSSR count). The summed E-state index contributed by atoms with van der Waals surface area (Å²) in [5.74, 6) is 0.572. The lowest BCUT2D eigenvalue weighted by Crippen LogP contribution is -2.16. The molecular formula is C26H26ClN3O2S. The summed E-state index contributed by atoms with van der Waals surface area (Å²) in [5.41, 5.74) is 10.8. The number of primary amides is 1. The standard InChI is InChI=1S/C26H26ClN3O2S/c1-4-16(2)19-10-8-18(9-11-19)13-30-23(24-12-20(14-32-24)25(28)31)15-33-26(30)29-22-7-5-6-21(27)17(22)3/h5-12,14-16H,4,13H2,1-3H3,(H2,28,31). The van der Waals surface area contributed by atoms with Crippen LogP contribution in [0.1, 0.15) is 53.2 Å². The van der Waals surface area contributed by atoms with Crippen molar-refractivity contribution in [3.63, 3.8) is 0 Å². The Morgan fingerprint density at radius 3 is 2.67 bits per heavy atom. The highest BCUT2D eigenvalue weighted by Gasteiger charge is 2.15. The molecule has 1 atom stereocenters. The lowest BCUT2D eigenvalue weighted by atomic mass is 9.98. The van der Waals surface area contributed by atoms with E-state index in [1.165, 1.54) is 23.2 Å². The van der Waals surface area contributed by atoms with Gasteiger partial charge in [0.25, 0.3) is 5.91 Å². The summed E-state index contributed by atoms with van der Waals surface area (Å²) in [6.45, 7) is 6.99. The van der Waals surface area contributed by atoms with Crippen molar-refractivity contribution in [3.8, 4) is 11.5 Å². The summed E-state index contributed by atoms with van der Waals surface area (Å²) in [6.07, 6.45) is 2.49. The molecule has 7 heteroatoms. The second-order valence-electron chi connectivity index (χ2n) is 8.10. The van der Waals surface area contributed by atoms with E-state index in [1.807, 2.05) is 30.5 Å². The van der Waals surface area contributed by atoms with E-state index in [0.29, 0.717) is 28.8 Å². The molecule has 5 nitrogen and oxygen atoms in total. The Morgan fingerprint density at radius 2 is 2.00 bits per heavy atom. The molecule has 2 N–H and O–H groups in total. The van der Waals surface area contributed by atoms with Gasteiger partial charge in [0.15, 0.2) is 10.6 Å². The highest BCUT2D eigenvalue weighted by molar-refractivity contribution is 7.07. The number of hydrogen-bond donors (Lipinski definition) is 1. The number of benzene rings is 2. The normalized spacial score (nSPS) is 12.8. The summed E-state index contributed by atoms with van der Waals surface area (Å²) in [7, 11) is 0. The second-order valence-corrected chi connectivity index (χ2v) is 9.34. The van der Waals surface area contributed by atoms with E-state index in [0.717, 1.165) is 33.7 Å². The summed E-state index contributed by atoms with van der Waals surface area (Å²) < 4.78 is 7.77. The topological polar surface area (TPSA) is 73.5 Å². The number of nitrogens with two attached hydrogens (primary N) is 1. The van der Waals surface area contributed by atoms with Crippen LogP contribution in [-0.2, 0) is 6.54 Å². The highest BCUT2D eigenvalue weighted by Crippen LogP contribution is 2.27. The van der Waals surface area contributed by atoms with Crippen LogP contribution in [0.2, 0.25) is 5.02 Å². The van der Waals surface area contributed by atoms with Gasteiger partial charge in [-0.3, -0.25) is 4.79 Å². The number of carbonyl (C=O) groups is 1. The molecule has 0 saturated carbocycles. The third kappa shape index (κ3) is 4.97. The molecule has 0 radical (unpaired) electrons. The van der Waals surface area contributed by atoms with Crippen molar-refractivity contribution in [2.24, 2.45) is 10.7 Å². The summed E-state index contributed by atoms with van der Waals surface area (Å²) in [4.78, 5) is 17.3. The summed E-state index contributed by atoms with van der Waals surface area (Å²) >= 11 is 7.82. The van der Waals surface area contributed by atoms with Crippen LogP contribution in [0.3, 0.4) is 0 Å². The largest absolute Gasteiger partial charge is 0.462 e.